The molecule has 1 amide bonds. The molecule has 1 aromatic heterocycles. The Morgan fingerprint density at radius 1 is 1.33 bits per heavy atom. The number of rotatable bonds is 2. The van der Waals surface area contributed by atoms with Crippen molar-refractivity contribution in [3.05, 3.63) is 21.4 Å². The van der Waals surface area contributed by atoms with Gasteiger partial charge in [-0.25, -0.2) is 0 Å². The van der Waals surface area contributed by atoms with Gasteiger partial charge in [0.2, 0.25) is 0 Å². The molecule has 1 saturated carbocycles. The lowest BCUT2D eigenvalue weighted by atomic mass is 9.81. The molecule has 0 spiro atoms. The van der Waals surface area contributed by atoms with Crippen LogP contribution in [-0.2, 0) is 17.6 Å². The van der Waals surface area contributed by atoms with Gasteiger partial charge >= 0.3 is 5.97 Å². The minimum Gasteiger partial charge on any atom is -0.481 e. The van der Waals surface area contributed by atoms with Crippen LogP contribution in [0.1, 0.15) is 45.8 Å². The summed E-state index contributed by atoms with van der Waals surface area (Å²) in [5.41, 5.74) is 0.658. The molecule has 4 nitrogen and oxygen atoms in total. The van der Waals surface area contributed by atoms with Gasteiger partial charge in [-0.15, -0.1) is 11.3 Å². The number of carbonyl (C=O) groups excluding carboxylic acids is 1. The molecule has 4 rings (SSSR count). The Hall–Kier alpha value is -1.36. The summed E-state index contributed by atoms with van der Waals surface area (Å²) in [7, 11) is 0. The van der Waals surface area contributed by atoms with Crippen molar-refractivity contribution < 1.29 is 14.7 Å². The monoisotopic (exact) mass is 305 g/mol. The number of likely N-dealkylation sites (tertiary alicyclic amines) is 1. The highest BCUT2D eigenvalue weighted by Gasteiger charge is 2.55. The van der Waals surface area contributed by atoms with Crippen molar-refractivity contribution in [3.8, 4) is 0 Å². The molecule has 0 unspecified atom stereocenters. The van der Waals surface area contributed by atoms with E-state index in [0.29, 0.717) is 13.1 Å². The van der Waals surface area contributed by atoms with Crippen LogP contribution in [0.25, 0.3) is 0 Å². The van der Waals surface area contributed by atoms with E-state index < -0.39 is 11.4 Å². The average Bonchev–Trinajstić information content (AvgIpc) is 3.15. The third kappa shape index (κ3) is 1.86. The molecule has 112 valence electrons. The molecule has 1 aliphatic heterocycles. The van der Waals surface area contributed by atoms with E-state index in [0.717, 1.165) is 37.0 Å². The zero-order valence-electron chi connectivity index (χ0n) is 11.9. The fraction of sp³-hybridized carbons (Fsp3) is 0.625. The van der Waals surface area contributed by atoms with Gasteiger partial charge in [0.15, 0.2) is 0 Å². The van der Waals surface area contributed by atoms with Crippen molar-refractivity contribution in [1.29, 1.82) is 0 Å². The highest BCUT2D eigenvalue weighted by atomic mass is 32.1. The van der Waals surface area contributed by atoms with E-state index in [1.165, 1.54) is 16.9 Å². The summed E-state index contributed by atoms with van der Waals surface area (Å²) in [6.45, 7) is 1.02. The van der Waals surface area contributed by atoms with Crippen LogP contribution in [0.5, 0.6) is 0 Å². The van der Waals surface area contributed by atoms with Crippen molar-refractivity contribution >= 4 is 23.2 Å². The molecule has 1 aromatic rings. The second-order valence-corrected chi connectivity index (χ2v) is 7.79. The molecule has 2 aliphatic carbocycles. The van der Waals surface area contributed by atoms with Gasteiger partial charge in [-0.2, -0.15) is 0 Å². The molecule has 0 bridgehead atoms. The summed E-state index contributed by atoms with van der Waals surface area (Å²) in [4.78, 5) is 28.3. The quantitative estimate of drug-likeness (QED) is 0.913. The van der Waals surface area contributed by atoms with Crippen LogP contribution in [-0.4, -0.2) is 35.0 Å². The lowest BCUT2D eigenvalue weighted by Gasteiger charge is -2.23. The lowest BCUT2D eigenvalue weighted by Crippen LogP contribution is -2.37. The van der Waals surface area contributed by atoms with Crippen LogP contribution in [0.15, 0.2) is 6.07 Å². The van der Waals surface area contributed by atoms with E-state index in [9.17, 15) is 14.7 Å². The third-order valence-electron chi connectivity index (χ3n) is 5.54. The summed E-state index contributed by atoms with van der Waals surface area (Å²) < 4.78 is 0. The second-order valence-electron chi connectivity index (χ2n) is 6.65. The van der Waals surface area contributed by atoms with Crippen LogP contribution in [0.2, 0.25) is 0 Å². The van der Waals surface area contributed by atoms with Crippen LogP contribution < -0.4 is 0 Å². The van der Waals surface area contributed by atoms with Gasteiger partial charge in [0, 0.05) is 18.0 Å². The first-order valence-corrected chi connectivity index (χ1v) is 8.56. The number of aryl methyl sites for hydroxylation is 2. The van der Waals surface area contributed by atoms with Gasteiger partial charge in [-0.3, -0.25) is 9.59 Å². The lowest BCUT2D eigenvalue weighted by molar-refractivity contribution is -0.149. The molecule has 2 fully saturated rings. The predicted molar refractivity (Wildman–Crippen MR) is 79.7 cm³/mol. The van der Waals surface area contributed by atoms with Crippen molar-refractivity contribution in [1.82, 2.24) is 4.90 Å². The number of thiophene rings is 1. The normalized spacial score (nSPS) is 30.5. The highest BCUT2D eigenvalue weighted by Crippen LogP contribution is 2.49. The molecule has 2 atom stereocenters. The third-order valence-corrected chi connectivity index (χ3v) is 6.77. The first kappa shape index (κ1) is 13.3. The van der Waals surface area contributed by atoms with Gasteiger partial charge in [0.1, 0.15) is 0 Å². The van der Waals surface area contributed by atoms with Crippen molar-refractivity contribution in [2.45, 2.75) is 38.5 Å². The van der Waals surface area contributed by atoms with Gasteiger partial charge in [0.25, 0.3) is 5.91 Å². The smallest absolute Gasteiger partial charge is 0.311 e. The van der Waals surface area contributed by atoms with E-state index in [1.54, 1.807) is 16.2 Å². The van der Waals surface area contributed by atoms with E-state index in [2.05, 4.69) is 0 Å². The maximum atomic E-state index is 12.7. The summed E-state index contributed by atoms with van der Waals surface area (Å²) in [5, 5.41) is 9.60. The van der Waals surface area contributed by atoms with Crippen LogP contribution in [0, 0.1) is 11.3 Å². The number of nitrogens with zero attached hydrogens (tertiary/aromatic N) is 1. The van der Waals surface area contributed by atoms with Gasteiger partial charge < -0.3 is 10.0 Å². The standard InChI is InChI=1S/C16H19NO3S/c18-14(13-7-10-3-1-5-12(10)21-13)17-8-11-4-2-6-16(11,9-17)15(19)20/h7,11H,1-6,8-9H2,(H,19,20)/t11-,16+/m0/s1. The van der Waals surface area contributed by atoms with E-state index in [4.69, 9.17) is 0 Å². The van der Waals surface area contributed by atoms with Gasteiger partial charge in [-0.05, 0) is 49.7 Å². The zero-order chi connectivity index (χ0) is 14.6. The number of hydrogen-bond donors (Lipinski definition) is 1. The molecule has 1 N–H and O–H groups in total. The fourth-order valence-electron chi connectivity index (χ4n) is 4.38. The summed E-state index contributed by atoms with van der Waals surface area (Å²) in [6.07, 6.45) is 6.01. The van der Waals surface area contributed by atoms with Crippen LogP contribution in [0.4, 0.5) is 0 Å². The maximum Gasteiger partial charge on any atom is 0.311 e. The maximum absolute atomic E-state index is 12.7. The number of carboxylic acids is 1. The van der Waals surface area contributed by atoms with E-state index >= 15 is 0 Å². The molecule has 0 aromatic carbocycles. The fourth-order valence-corrected chi connectivity index (χ4v) is 5.61. The number of aliphatic carboxylic acids is 1. The molecule has 21 heavy (non-hydrogen) atoms. The first-order valence-electron chi connectivity index (χ1n) is 7.74. The van der Waals surface area contributed by atoms with E-state index in [1.807, 2.05) is 6.07 Å². The van der Waals surface area contributed by atoms with E-state index in [-0.39, 0.29) is 11.8 Å². The molecule has 5 heteroatoms. The number of hydrogen-bond acceptors (Lipinski definition) is 3. The average molecular weight is 305 g/mol. The van der Waals surface area contributed by atoms with Crippen molar-refractivity contribution in [3.63, 3.8) is 0 Å². The molecule has 3 aliphatic rings. The molecular formula is C16H19NO3S. The Morgan fingerprint density at radius 3 is 2.90 bits per heavy atom. The van der Waals surface area contributed by atoms with Crippen LogP contribution in [0.3, 0.4) is 0 Å². The topological polar surface area (TPSA) is 57.6 Å². The summed E-state index contributed by atoms with van der Waals surface area (Å²) in [5.74, 6) is -0.524. The SMILES string of the molecule is O=C(c1cc2c(s1)CCC2)N1C[C@@H]2CCC[C@@]2(C(=O)O)C1. The summed E-state index contributed by atoms with van der Waals surface area (Å²) in [6, 6.07) is 2.04. The summed E-state index contributed by atoms with van der Waals surface area (Å²) >= 11 is 1.61. The zero-order valence-corrected chi connectivity index (χ0v) is 12.7. The van der Waals surface area contributed by atoms with Crippen molar-refractivity contribution in [2.75, 3.05) is 13.1 Å². The number of carbonyl (C=O) groups is 2. The second kappa shape index (κ2) is 4.57. The molecule has 2 heterocycles. The van der Waals surface area contributed by atoms with Gasteiger partial charge in [-0.1, -0.05) is 6.42 Å². The number of carboxylic acid groups (broad SMARTS) is 1. The Labute approximate surface area is 127 Å². The Morgan fingerprint density at radius 2 is 2.19 bits per heavy atom. The van der Waals surface area contributed by atoms with Crippen LogP contribution >= 0.6 is 11.3 Å². The predicted octanol–water partition coefficient (Wildman–Crippen LogP) is 2.56. The highest BCUT2D eigenvalue weighted by molar-refractivity contribution is 7.14. The number of amides is 1. The minimum atomic E-state index is -0.714. The van der Waals surface area contributed by atoms with Crippen molar-refractivity contribution in [2.24, 2.45) is 11.3 Å². The first-order chi connectivity index (χ1) is 10.1. The molecular weight excluding hydrogens is 286 g/mol. The largest absolute Gasteiger partial charge is 0.481 e. The van der Waals surface area contributed by atoms with Gasteiger partial charge in [0.05, 0.1) is 10.3 Å². The Bertz CT molecular complexity index is 602. The minimum absolute atomic E-state index is 0.0458. The molecule has 1 saturated heterocycles. The number of fused-ring (bicyclic) bond motifs is 2. The Kier molecular flexibility index (Phi) is 2.89. The Balaban J connectivity index is 1.57. The molecule has 0 radical (unpaired) electrons.